The van der Waals surface area contributed by atoms with Crippen molar-refractivity contribution in [3.63, 3.8) is 0 Å². The number of rotatable bonds is 5. The number of nitrogens with one attached hydrogen (secondary N) is 1. The number of piperidine rings is 1. The summed E-state index contributed by atoms with van der Waals surface area (Å²) in [4.78, 5) is 27.1. The normalized spacial score (nSPS) is 17.2. The van der Waals surface area contributed by atoms with Crippen LogP contribution in [0.3, 0.4) is 0 Å². The average molecular weight is 350 g/mol. The first-order valence-corrected chi connectivity index (χ1v) is 9.31. The molecule has 0 radical (unpaired) electrons. The molecule has 0 aromatic heterocycles. The second-order valence-corrected chi connectivity index (χ2v) is 6.79. The van der Waals surface area contributed by atoms with E-state index in [9.17, 15) is 9.59 Å². The zero-order valence-corrected chi connectivity index (χ0v) is 15.2. The summed E-state index contributed by atoms with van der Waals surface area (Å²) in [5.74, 6) is -0.0119. The van der Waals surface area contributed by atoms with Gasteiger partial charge in [-0.05, 0) is 30.4 Å². The maximum Gasteiger partial charge on any atom is 0.242 e. The Bertz CT molecular complexity index is 691. The maximum absolute atomic E-state index is 13.1. The summed E-state index contributed by atoms with van der Waals surface area (Å²) in [6.45, 7) is 0.660. The Balaban J connectivity index is 1.84. The molecule has 136 valence electrons. The van der Waals surface area contributed by atoms with E-state index in [2.05, 4.69) is 29.6 Å². The van der Waals surface area contributed by atoms with Crippen molar-refractivity contribution in [2.75, 3.05) is 13.6 Å². The van der Waals surface area contributed by atoms with Gasteiger partial charge in [0.1, 0.15) is 6.04 Å². The van der Waals surface area contributed by atoms with E-state index in [0.717, 1.165) is 30.4 Å². The Kier molecular flexibility index (Phi) is 6.05. The standard InChI is InChI=1S/C22H26N2O2/c1-23-22(26)20-14-8-9-15-24(20)21(25)16-19(17-10-4-2-5-11-17)18-12-6-3-7-13-18/h2-7,10-13,19-20H,8-9,14-16H2,1H3,(H,23,26)/t20-/m0/s1. The number of amides is 2. The summed E-state index contributed by atoms with van der Waals surface area (Å²) in [5.41, 5.74) is 2.25. The molecule has 1 aliphatic rings. The predicted molar refractivity (Wildman–Crippen MR) is 103 cm³/mol. The highest BCUT2D eigenvalue weighted by Crippen LogP contribution is 2.30. The predicted octanol–water partition coefficient (Wildman–Crippen LogP) is 3.34. The van der Waals surface area contributed by atoms with Gasteiger partial charge in [0.05, 0.1) is 0 Å². The van der Waals surface area contributed by atoms with E-state index in [1.807, 2.05) is 36.4 Å². The third-order valence-electron chi connectivity index (χ3n) is 5.15. The molecule has 1 fully saturated rings. The minimum atomic E-state index is -0.339. The third-order valence-corrected chi connectivity index (χ3v) is 5.15. The van der Waals surface area contributed by atoms with E-state index in [0.29, 0.717) is 13.0 Å². The van der Waals surface area contributed by atoms with Crippen molar-refractivity contribution < 1.29 is 9.59 Å². The molecule has 0 unspecified atom stereocenters. The van der Waals surface area contributed by atoms with Crippen LogP contribution in [0.1, 0.15) is 42.7 Å². The number of hydrogen-bond acceptors (Lipinski definition) is 2. The van der Waals surface area contributed by atoms with Crippen LogP contribution < -0.4 is 5.32 Å². The van der Waals surface area contributed by atoms with Crippen molar-refractivity contribution in [2.24, 2.45) is 0 Å². The first kappa shape index (κ1) is 18.2. The summed E-state index contributed by atoms with van der Waals surface area (Å²) in [7, 11) is 1.64. The zero-order chi connectivity index (χ0) is 18.4. The third kappa shape index (κ3) is 4.13. The SMILES string of the molecule is CNC(=O)[C@@H]1CCCCN1C(=O)CC(c1ccccc1)c1ccccc1. The molecule has 0 saturated carbocycles. The highest BCUT2D eigenvalue weighted by molar-refractivity contribution is 5.88. The van der Waals surface area contributed by atoms with Crippen LogP contribution >= 0.6 is 0 Å². The molecule has 2 aromatic rings. The monoisotopic (exact) mass is 350 g/mol. The summed E-state index contributed by atoms with van der Waals surface area (Å²) in [6, 6.07) is 19.9. The van der Waals surface area contributed by atoms with Crippen LogP contribution in [0.2, 0.25) is 0 Å². The number of hydrogen-bond donors (Lipinski definition) is 1. The van der Waals surface area contributed by atoms with Crippen molar-refractivity contribution in [3.05, 3.63) is 71.8 Å². The van der Waals surface area contributed by atoms with Crippen LogP contribution in [-0.4, -0.2) is 36.3 Å². The quantitative estimate of drug-likeness (QED) is 0.899. The van der Waals surface area contributed by atoms with E-state index in [1.165, 1.54) is 0 Å². The molecule has 1 aliphatic heterocycles. The minimum absolute atomic E-state index is 0.00263. The molecule has 2 aromatic carbocycles. The summed E-state index contributed by atoms with van der Waals surface area (Å²) < 4.78 is 0. The van der Waals surface area contributed by atoms with Crippen molar-refractivity contribution >= 4 is 11.8 Å². The van der Waals surface area contributed by atoms with Crippen LogP contribution in [0.4, 0.5) is 0 Å². The van der Waals surface area contributed by atoms with E-state index in [1.54, 1.807) is 11.9 Å². The van der Waals surface area contributed by atoms with Crippen molar-refractivity contribution in [1.82, 2.24) is 10.2 Å². The van der Waals surface area contributed by atoms with Gasteiger partial charge in [0.15, 0.2) is 0 Å². The number of likely N-dealkylation sites (N-methyl/N-ethyl adjacent to an activating group) is 1. The summed E-state index contributed by atoms with van der Waals surface area (Å²) in [6.07, 6.45) is 3.07. The number of benzene rings is 2. The Morgan fingerprint density at radius 3 is 2.12 bits per heavy atom. The highest BCUT2D eigenvalue weighted by Gasteiger charge is 2.32. The molecular weight excluding hydrogens is 324 g/mol. The second kappa shape index (κ2) is 8.65. The largest absolute Gasteiger partial charge is 0.357 e. The lowest BCUT2D eigenvalue weighted by atomic mass is 9.87. The van der Waals surface area contributed by atoms with Crippen LogP contribution in [0, 0.1) is 0 Å². The number of nitrogens with zero attached hydrogens (tertiary/aromatic N) is 1. The maximum atomic E-state index is 13.1. The molecule has 1 heterocycles. The van der Waals surface area contributed by atoms with Crippen LogP contribution in [0.5, 0.6) is 0 Å². The fourth-order valence-corrected chi connectivity index (χ4v) is 3.76. The van der Waals surface area contributed by atoms with Crippen LogP contribution in [0.25, 0.3) is 0 Å². The number of likely N-dealkylation sites (tertiary alicyclic amines) is 1. The van der Waals surface area contributed by atoms with Gasteiger partial charge in [-0.25, -0.2) is 0 Å². The molecule has 1 N–H and O–H groups in total. The zero-order valence-electron chi connectivity index (χ0n) is 15.2. The van der Waals surface area contributed by atoms with Crippen molar-refractivity contribution in [3.8, 4) is 0 Å². The molecular formula is C22H26N2O2. The molecule has 3 rings (SSSR count). The van der Waals surface area contributed by atoms with Crippen LogP contribution in [0.15, 0.2) is 60.7 Å². The van der Waals surface area contributed by atoms with Gasteiger partial charge in [-0.1, -0.05) is 60.7 Å². The van der Waals surface area contributed by atoms with Crippen LogP contribution in [-0.2, 0) is 9.59 Å². The lowest BCUT2D eigenvalue weighted by molar-refractivity contribution is -0.142. The molecule has 0 spiro atoms. The number of carbonyl (C=O) groups excluding carboxylic acids is 2. The molecule has 26 heavy (non-hydrogen) atoms. The Morgan fingerprint density at radius 2 is 1.58 bits per heavy atom. The first-order valence-electron chi connectivity index (χ1n) is 9.31. The molecule has 1 saturated heterocycles. The smallest absolute Gasteiger partial charge is 0.242 e. The first-order chi connectivity index (χ1) is 12.7. The van der Waals surface area contributed by atoms with E-state index in [-0.39, 0.29) is 23.8 Å². The van der Waals surface area contributed by atoms with Gasteiger partial charge < -0.3 is 10.2 Å². The van der Waals surface area contributed by atoms with Gasteiger partial charge >= 0.3 is 0 Å². The molecule has 4 heteroatoms. The Morgan fingerprint density at radius 1 is 1.00 bits per heavy atom. The van der Waals surface area contributed by atoms with E-state index < -0.39 is 0 Å². The lowest BCUT2D eigenvalue weighted by Gasteiger charge is -2.35. The fraction of sp³-hybridized carbons (Fsp3) is 0.364. The Hall–Kier alpha value is -2.62. The second-order valence-electron chi connectivity index (χ2n) is 6.79. The van der Waals surface area contributed by atoms with Gasteiger partial charge in [0.25, 0.3) is 0 Å². The summed E-state index contributed by atoms with van der Waals surface area (Å²) in [5, 5.41) is 2.70. The molecule has 2 amide bonds. The Labute approximate surface area is 155 Å². The summed E-state index contributed by atoms with van der Waals surface area (Å²) >= 11 is 0. The molecule has 4 nitrogen and oxygen atoms in total. The van der Waals surface area contributed by atoms with Crippen molar-refractivity contribution in [1.29, 1.82) is 0 Å². The molecule has 0 bridgehead atoms. The minimum Gasteiger partial charge on any atom is -0.357 e. The van der Waals surface area contributed by atoms with Gasteiger partial charge in [-0.3, -0.25) is 9.59 Å². The van der Waals surface area contributed by atoms with Gasteiger partial charge in [0.2, 0.25) is 11.8 Å². The van der Waals surface area contributed by atoms with E-state index in [4.69, 9.17) is 0 Å². The van der Waals surface area contributed by atoms with Gasteiger partial charge in [-0.2, -0.15) is 0 Å². The lowest BCUT2D eigenvalue weighted by Crippen LogP contribution is -2.51. The molecule has 0 aliphatic carbocycles. The fourth-order valence-electron chi connectivity index (χ4n) is 3.76. The number of carbonyl (C=O) groups is 2. The van der Waals surface area contributed by atoms with Crippen molar-refractivity contribution in [2.45, 2.75) is 37.6 Å². The topological polar surface area (TPSA) is 49.4 Å². The molecule has 1 atom stereocenters. The highest BCUT2D eigenvalue weighted by atomic mass is 16.2. The average Bonchev–Trinajstić information content (AvgIpc) is 2.72. The van der Waals surface area contributed by atoms with Gasteiger partial charge in [0, 0.05) is 25.9 Å². The van der Waals surface area contributed by atoms with Gasteiger partial charge in [-0.15, -0.1) is 0 Å². The van der Waals surface area contributed by atoms with E-state index >= 15 is 0 Å².